The fourth-order valence-corrected chi connectivity index (χ4v) is 1.65. The van der Waals surface area contributed by atoms with Gasteiger partial charge in [0.1, 0.15) is 5.82 Å². The van der Waals surface area contributed by atoms with Gasteiger partial charge >= 0.3 is 0 Å². The number of alkyl halides is 2. The Kier molecular flexibility index (Phi) is 5.44. The lowest BCUT2D eigenvalue weighted by Gasteiger charge is -2.17. The Morgan fingerprint density at radius 1 is 1.35 bits per heavy atom. The molecule has 0 spiro atoms. The lowest BCUT2D eigenvalue weighted by atomic mass is 10.1. The van der Waals surface area contributed by atoms with Crippen LogP contribution in [0.3, 0.4) is 0 Å². The first-order valence-electron chi connectivity index (χ1n) is 5.41. The van der Waals surface area contributed by atoms with Crippen molar-refractivity contribution in [3.05, 3.63) is 35.1 Å². The lowest BCUT2D eigenvalue weighted by molar-refractivity contribution is 0.0970. The third kappa shape index (κ3) is 4.75. The lowest BCUT2D eigenvalue weighted by Crippen LogP contribution is -2.24. The highest BCUT2D eigenvalue weighted by molar-refractivity contribution is 5.25. The number of nitrogens with zero attached hydrogens (tertiary/aromatic N) is 1. The van der Waals surface area contributed by atoms with Crippen LogP contribution in [0, 0.1) is 5.82 Å². The number of hydrogen-bond donors (Lipinski definition) is 1. The van der Waals surface area contributed by atoms with Crippen LogP contribution in [0.1, 0.15) is 11.1 Å². The highest BCUT2D eigenvalue weighted by Gasteiger charge is 2.11. The van der Waals surface area contributed by atoms with E-state index in [-0.39, 0.29) is 18.9 Å². The van der Waals surface area contributed by atoms with Gasteiger partial charge in [0.2, 0.25) is 0 Å². The Balaban J connectivity index is 2.71. The van der Waals surface area contributed by atoms with Gasteiger partial charge in [0.15, 0.2) is 0 Å². The van der Waals surface area contributed by atoms with E-state index in [1.165, 1.54) is 11.0 Å². The van der Waals surface area contributed by atoms with Crippen molar-refractivity contribution < 1.29 is 13.2 Å². The molecular weight excluding hydrogens is 229 g/mol. The summed E-state index contributed by atoms with van der Waals surface area (Å²) in [4.78, 5) is 1.41. The van der Waals surface area contributed by atoms with Crippen LogP contribution in [0.5, 0.6) is 0 Å². The van der Waals surface area contributed by atoms with E-state index in [4.69, 9.17) is 0 Å². The largest absolute Gasteiger partial charge is 0.316 e. The summed E-state index contributed by atoms with van der Waals surface area (Å²) in [6.45, 7) is 0.468. The van der Waals surface area contributed by atoms with Gasteiger partial charge in [0.05, 0.1) is 6.54 Å². The number of nitrogens with one attached hydrogen (secondary N) is 1. The van der Waals surface area contributed by atoms with Crippen LogP contribution in [0.2, 0.25) is 0 Å². The van der Waals surface area contributed by atoms with Crippen LogP contribution in [0.25, 0.3) is 0 Å². The van der Waals surface area contributed by atoms with Gasteiger partial charge in [-0.25, -0.2) is 13.2 Å². The second-order valence-corrected chi connectivity index (χ2v) is 4.04. The minimum atomic E-state index is -2.40. The first kappa shape index (κ1) is 14.0. The third-order valence-electron chi connectivity index (χ3n) is 2.38. The van der Waals surface area contributed by atoms with E-state index < -0.39 is 6.43 Å². The van der Waals surface area contributed by atoms with Crippen molar-refractivity contribution >= 4 is 0 Å². The Labute approximate surface area is 99.4 Å². The van der Waals surface area contributed by atoms with Gasteiger partial charge in [-0.15, -0.1) is 0 Å². The second-order valence-electron chi connectivity index (χ2n) is 4.04. The van der Waals surface area contributed by atoms with Gasteiger partial charge < -0.3 is 5.32 Å². The second kappa shape index (κ2) is 6.61. The Hall–Kier alpha value is -1.07. The molecule has 1 aromatic rings. The summed E-state index contributed by atoms with van der Waals surface area (Å²) in [5.74, 6) is -0.356. The third-order valence-corrected chi connectivity index (χ3v) is 2.38. The maximum Gasteiger partial charge on any atom is 0.251 e. The van der Waals surface area contributed by atoms with Gasteiger partial charge in [-0.05, 0) is 25.7 Å². The van der Waals surface area contributed by atoms with Crippen LogP contribution >= 0.6 is 0 Å². The average molecular weight is 246 g/mol. The molecule has 0 aliphatic rings. The molecule has 5 heteroatoms. The highest BCUT2D eigenvalue weighted by Crippen LogP contribution is 2.13. The predicted octanol–water partition coefficient (Wildman–Crippen LogP) is 2.24. The summed E-state index contributed by atoms with van der Waals surface area (Å²) in [6, 6.07) is 4.76. The van der Waals surface area contributed by atoms with Crippen molar-refractivity contribution in [2.24, 2.45) is 0 Å². The summed E-state index contributed by atoms with van der Waals surface area (Å²) < 4.78 is 37.8. The van der Waals surface area contributed by atoms with Gasteiger partial charge in [-0.2, -0.15) is 0 Å². The molecule has 96 valence electrons. The zero-order chi connectivity index (χ0) is 12.8. The number of benzene rings is 1. The van der Waals surface area contributed by atoms with Gasteiger partial charge in [-0.3, -0.25) is 4.90 Å². The van der Waals surface area contributed by atoms with Crippen molar-refractivity contribution in [3.63, 3.8) is 0 Å². The zero-order valence-electron chi connectivity index (χ0n) is 10.0. The summed E-state index contributed by atoms with van der Waals surface area (Å²) in [5.41, 5.74) is 1.38. The molecule has 0 radical (unpaired) electrons. The van der Waals surface area contributed by atoms with E-state index in [0.717, 1.165) is 5.56 Å². The van der Waals surface area contributed by atoms with Crippen molar-refractivity contribution in [3.8, 4) is 0 Å². The fraction of sp³-hybridized carbons (Fsp3) is 0.500. The molecule has 0 amide bonds. The molecule has 0 aliphatic carbocycles. The maximum absolute atomic E-state index is 13.5. The molecule has 0 atom stereocenters. The summed E-state index contributed by atoms with van der Waals surface area (Å²) in [6.07, 6.45) is -2.40. The van der Waals surface area contributed by atoms with Crippen molar-refractivity contribution in [1.82, 2.24) is 10.2 Å². The van der Waals surface area contributed by atoms with Gasteiger partial charge in [0.25, 0.3) is 6.43 Å². The van der Waals surface area contributed by atoms with E-state index in [9.17, 15) is 13.2 Å². The number of hydrogen-bond acceptors (Lipinski definition) is 2. The molecule has 1 aromatic carbocycles. The van der Waals surface area contributed by atoms with E-state index >= 15 is 0 Å². The molecule has 17 heavy (non-hydrogen) atoms. The molecule has 0 saturated heterocycles. The van der Waals surface area contributed by atoms with Gasteiger partial charge in [0, 0.05) is 18.7 Å². The van der Waals surface area contributed by atoms with Crippen molar-refractivity contribution in [2.45, 2.75) is 19.5 Å². The molecule has 1 N–H and O–H groups in total. The van der Waals surface area contributed by atoms with Crippen LogP contribution in [-0.4, -0.2) is 32.0 Å². The van der Waals surface area contributed by atoms with E-state index in [0.29, 0.717) is 12.1 Å². The van der Waals surface area contributed by atoms with Crippen molar-refractivity contribution in [1.29, 1.82) is 0 Å². The molecule has 2 nitrogen and oxygen atoms in total. The Bertz CT molecular complexity index is 356. The van der Waals surface area contributed by atoms with E-state index in [1.807, 2.05) is 0 Å². The van der Waals surface area contributed by atoms with E-state index in [2.05, 4.69) is 5.32 Å². The minimum absolute atomic E-state index is 0.188. The Morgan fingerprint density at radius 3 is 2.65 bits per heavy atom. The molecule has 0 unspecified atom stereocenters. The van der Waals surface area contributed by atoms with Crippen molar-refractivity contribution in [2.75, 3.05) is 20.6 Å². The monoisotopic (exact) mass is 246 g/mol. The molecule has 0 bridgehead atoms. The fourth-order valence-electron chi connectivity index (χ4n) is 1.65. The van der Waals surface area contributed by atoms with Crippen LogP contribution in [0.15, 0.2) is 18.2 Å². The van der Waals surface area contributed by atoms with Gasteiger partial charge in [-0.1, -0.05) is 12.1 Å². The topological polar surface area (TPSA) is 15.3 Å². The first-order valence-corrected chi connectivity index (χ1v) is 5.41. The molecular formula is C12H17F3N2. The molecule has 0 saturated carbocycles. The SMILES string of the molecule is CNCc1ccc(F)c(CN(C)CC(F)F)c1. The highest BCUT2D eigenvalue weighted by atomic mass is 19.3. The predicted molar refractivity (Wildman–Crippen MR) is 61.5 cm³/mol. The standard InChI is InChI=1S/C12H17F3N2/c1-16-6-9-3-4-11(13)10(5-9)7-17(2)8-12(14)15/h3-5,12,16H,6-8H2,1-2H3. The summed E-state index contributed by atoms with van der Waals surface area (Å²) in [7, 11) is 3.35. The molecule has 0 heterocycles. The van der Waals surface area contributed by atoms with E-state index in [1.54, 1.807) is 26.2 Å². The Morgan fingerprint density at radius 2 is 2.06 bits per heavy atom. The normalized spacial score (nSPS) is 11.5. The number of rotatable bonds is 6. The molecule has 0 fully saturated rings. The minimum Gasteiger partial charge on any atom is -0.316 e. The molecule has 0 aromatic heterocycles. The van der Waals surface area contributed by atoms with Crippen LogP contribution in [-0.2, 0) is 13.1 Å². The first-order chi connectivity index (χ1) is 8.02. The summed E-state index contributed by atoms with van der Waals surface area (Å²) in [5, 5.41) is 2.96. The average Bonchev–Trinajstić information content (AvgIpc) is 2.22. The summed E-state index contributed by atoms with van der Waals surface area (Å²) >= 11 is 0. The van der Waals surface area contributed by atoms with Crippen LogP contribution in [0.4, 0.5) is 13.2 Å². The van der Waals surface area contributed by atoms with Crippen LogP contribution < -0.4 is 5.32 Å². The smallest absolute Gasteiger partial charge is 0.251 e. The molecule has 1 rings (SSSR count). The number of halogens is 3. The zero-order valence-corrected chi connectivity index (χ0v) is 10.0. The maximum atomic E-state index is 13.5. The quantitative estimate of drug-likeness (QED) is 0.828. The molecule has 0 aliphatic heterocycles.